The normalized spacial score (nSPS) is 10.4. The summed E-state index contributed by atoms with van der Waals surface area (Å²) in [6.45, 7) is 0.966. The van der Waals surface area contributed by atoms with Gasteiger partial charge in [-0.2, -0.15) is 0 Å². The Morgan fingerprint density at radius 1 is 1.21 bits per heavy atom. The van der Waals surface area contributed by atoms with Crippen LogP contribution in [0.25, 0.3) is 0 Å². The van der Waals surface area contributed by atoms with E-state index in [1.54, 1.807) is 0 Å². The van der Waals surface area contributed by atoms with E-state index in [0.717, 1.165) is 23.1 Å². The molecular weight excluding hydrogens is 256 g/mol. The molecule has 0 aromatic heterocycles. The molecule has 1 aromatic rings. The van der Waals surface area contributed by atoms with E-state index >= 15 is 0 Å². The van der Waals surface area contributed by atoms with Crippen LogP contribution >= 0.6 is 0 Å². The second kappa shape index (κ2) is 6.79. The summed E-state index contributed by atoms with van der Waals surface area (Å²) in [5.41, 5.74) is -0.363. The number of rotatable bonds is 4. The van der Waals surface area contributed by atoms with Crippen LogP contribution in [0.15, 0.2) is 18.2 Å². The number of benzene rings is 1. The van der Waals surface area contributed by atoms with Crippen LogP contribution in [-0.2, 0) is 9.59 Å². The number of amides is 2. The number of quaternary nitrogens is 1. The molecule has 0 atom stereocenters. The number of carbonyl (C=O) groups excluding carboxylic acids is 2. The highest BCUT2D eigenvalue weighted by molar-refractivity contribution is 6.39. The van der Waals surface area contributed by atoms with Gasteiger partial charge in [0.15, 0.2) is 0 Å². The average molecular weight is 272 g/mol. The van der Waals surface area contributed by atoms with Crippen molar-refractivity contribution in [3.05, 3.63) is 29.8 Å². The molecule has 2 amide bonds. The van der Waals surface area contributed by atoms with Gasteiger partial charge in [0.05, 0.1) is 32.9 Å². The molecule has 0 spiro atoms. The van der Waals surface area contributed by atoms with Gasteiger partial charge in [0, 0.05) is 6.07 Å². The van der Waals surface area contributed by atoms with E-state index in [-0.39, 0.29) is 5.69 Å². The van der Waals surface area contributed by atoms with Crippen LogP contribution in [-0.4, -0.2) is 39.0 Å². The maximum absolute atomic E-state index is 13.2. The molecule has 1 aromatic carbocycles. The Morgan fingerprint density at radius 2 is 1.89 bits per heavy atom. The van der Waals surface area contributed by atoms with E-state index in [1.807, 2.05) is 19.4 Å². The standard InChI is InChI=1S/C12H15F2N3O2/c1-17(2)6-5-15-11(18)12(19)16-10-7-8(13)3-4-9(10)14/h3-4,7H,5-6H2,1-2H3,(H,15,18)(H,16,19)/p+1. The first kappa shape index (κ1) is 15.0. The fourth-order valence-corrected chi connectivity index (χ4v) is 1.28. The first-order chi connectivity index (χ1) is 8.90. The van der Waals surface area contributed by atoms with Crippen molar-refractivity contribution in [2.24, 2.45) is 0 Å². The Labute approximate surface area is 109 Å². The third-order valence-corrected chi connectivity index (χ3v) is 2.29. The lowest BCUT2D eigenvalue weighted by Crippen LogP contribution is -3.06. The van der Waals surface area contributed by atoms with Gasteiger partial charge in [0.1, 0.15) is 11.6 Å². The zero-order valence-electron chi connectivity index (χ0n) is 10.7. The summed E-state index contributed by atoms with van der Waals surface area (Å²) in [6, 6.07) is 2.60. The number of likely N-dealkylation sites (N-methyl/N-ethyl adjacent to an activating group) is 1. The molecular formula is C12H16F2N3O2+. The highest BCUT2D eigenvalue weighted by Crippen LogP contribution is 2.14. The van der Waals surface area contributed by atoms with Crippen molar-refractivity contribution in [2.75, 3.05) is 32.5 Å². The van der Waals surface area contributed by atoms with Crippen LogP contribution in [0.1, 0.15) is 0 Å². The molecule has 5 nitrogen and oxygen atoms in total. The third kappa shape index (κ3) is 5.01. The predicted octanol–water partition coefficient (Wildman–Crippen LogP) is -0.836. The van der Waals surface area contributed by atoms with Crippen LogP contribution in [0.3, 0.4) is 0 Å². The molecule has 104 valence electrons. The van der Waals surface area contributed by atoms with Crippen LogP contribution in [0.2, 0.25) is 0 Å². The van der Waals surface area contributed by atoms with E-state index in [9.17, 15) is 18.4 Å². The topological polar surface area (TPSA) is 62.6 Å². The maximum atomic E-state index is 13.2. The molecule has 0 fully saturated rings. The van der Waals surface area contributed by atoms with Gasteiger partial charge in [0.25, 0.3) is 0 Å². The average Bonchev–Trinajstić information content (AvgIpc) is 2.33. The Kier molecular flexibility index (Phi) is 5.37. The van der Waals surface area contributed by atoms with Crippen LogP contribution in [0.5, 0.6) is 0 Å². The van der Waals surface area contributed by atoms with Crippen molar-refractivity contribution in [1.82, 2.24) is 5.32 Å². The minimum absolute atomic E-state index is 0.320. The summed E-state index contributed by atoms with van der Waals surface area (Å²) < 4.78 is 26.1. The number of nitrogens with one attached hydrogen (secondary N) is 3. The third-order valence-electron chi connectivity index (χ3n) is 2.29. The van der Waals surface area contributed by atoms with Gasteiger partial charge in [0.2, 0.25) is 0 Å². The minimum Gasteiger partial charge on any atom is -0.342 e. The molecule has 0 heterocycles. The smallest absolute Gasteiger partial charge is 0.313 e. The molecule has 0 unspecified atom stereocenters. The zero-order valence-corrected chi connectivity index (χ0v) is 10.7. The van der Waals surface area contributed by atoms with Crippen molar-refractivity contribution < 1.29 is 23.3 Å². The van der Waals surface area contributed by atoms with E-state index in [2.05, 4.69) is 5.32 Å². The Bertz CT molecular complexity index is 478. The molecule has 0 aliphatic carbocycles. The largest absolute Gasteiger partial charge is 0.342 e. The van der Waals surface area contributed by atoms with E-state index in [1.165, 1.54) is 0 Å². The summed E-state index contributed by atoms with van der Waals surface area (Å²) in [4.78, 5) is 23.9. The van der Waals surface area contributed by atoms with Gasteiger partial charge in [-0.05, 0) is 12.1 Å². The van der Waals surface area contributed by atoms with Crippen LogP contribution in [0.4, 0.5) is 14.5 Å². The number of carbonyl (C=O) groups is 2. The van der Waals surface area contributed by atoms with E-state index in [4.69, 9.17) is 0 Å². The van der Waals surface area contributed by atoms with E-state index in [0.29, 0.717) is 13.1 Å². The Morgan fingerprint density at radius 3 is 2.53 bits per heavy atom. The molecule has 0 aliphatic rings. The molecule has 1 rings (SSSR count). The van der Waals surface area contributed by atoms with Gasteiger partial charge in [-0.3, -0.25) is 9.59 Å². The first-order valence-corrected chi connectivity index (χ1v) is 5.73. The summed E-state index contributed by atoms with van der Waals surface area (Å²) in [6.07, 6.45) is 0. The highest BCUT2D eigenvalue weighted by Gasteiger charge is 2.15. The molecule has 19 heavy (non-hydrogen) atoms. The fourth-order valence-electron chi connectivity index (χ4n) is 1.28. The van der Waals surface area contributed by atoms with Gasteiger partial charge in [-0.15, -0.1) is 0 Å². The Balaban J connectivity index is 2.54. The maximum Gasteiger partial charge on any atom is 0.313 e. The Hall–Kier alpha value is -2.02. The molecule has 0 saturated carbocycles. The van der Waals surface area contributed by atoms with Gasteiger partial charge in [-0.25, -0.2) is 8.78 Å². The summed E-state index contributed by atoms with van der Waals surface area (Å²) in [5, 5.41) is 4.40. The monoisotopic (exact) mass is 272 g/mol. The van der Waals surface area contributed by atoms with Crippen molar-refractivity contribution in [1.29, 1.82) is 0 Å². The molecule has 0 saturated heterocycles. The summed E-state index contributed by atoms with van der Waals surface area (Å²) >= 11 is 0. The highest BCUT2D eigenvalue weighted by atomic mass is 19.1. The number of anilines is 1. The molecule has 0 bridgehead atoms. The van der Waals surface area contributed by atoms with Crippen molar-refractivity contribution in [3.8, 4) is 0 Å². The van der Waals surface area contributed by atoms with Crippen molar-refractivity contribution in [3.63, 3.8) is 0 Å². The lowest BCUT2D eigenvalue weighted by Gasteiger charge is -2.09. The molecule has 0 radical (unpaired) electrons. The zero-order chi connectivity index (χ0) is 14.4. The van der Waals surface area contributed by atoms with E-state index < -0.39 is 23.4 Å². The summed E-state index contributed by atoms with van der Waals surface area (Å²) in [5.74, 6) is -3.42. The molecule has 0 aliphatic heterocycles. The second-order valence-electron chi connectivity index (χ2n) is 4.29. The molecule has 3 N–H and O–H groups in total. The van der Waals surface area contributed by atoms with Crippen molar-refractivity contribution >= 4 is 17.5 Å². The van der Waals surface area contributed by atoms with Crippen LogP contribution < -0.4 is 15.5 Å². The van der Waals surface area contributed by atoms with Crippen molar-refractivity contribution in [2.45, 2.75) is 0 Å². The summed E-state index contributed by atoms with van der Waals surface area (Å²) in [7, 11) is 3.79. The van der Waals surface area contributed by atoms with Gasteiger partial charge >= 0.3 is 11.8 Å². The molecule has 7 heteroatoms. The fraction of sp³-hybridized carbons (Fsp3) is 0.333. The first-order valence-electron chi connectivity index (χ1n) is 5.73. The predicted molar refractivity (Wildman–Crippen MR) is 65.7 cm³/mol. The number of hydrogen-bond donors (Lipinski definition) is 3. The lowest BCUT2D eigenvalue weighted by atomic mass is 10.3. The van der Waals surface area contributed by atoms with Gasteiger partial charge in [-0.1, -0.05) is 0 Å². The number of hydrogen-bond acceptors (Lipinski definition) is 2. The number of halogens is 2. The SMILES string of the molecule is C[NH+](C)CCNC(=O)C(=O)Nc1cc(F)ccc1F. The minimum atomic E-state index is -1.03. The second-order valence-corrected chi connectivity index (χ2v) is 4.29. The lowest BCUT2D eigenvalue weighted by molar-refractivity contribution is -0.856. The van der Waals surface area contributed by atoms with Crippen LogP contribution in [0, 0.1) is 11.6 Å². The van der Waals surface area contributed by atoms with Gasteiger partial charge < -0.3 is 15.5 Å². The quantitative estimate of drug-likeness (QED) is 0.626.